The Labute approximate surface area is 118 Å². The molecule has 0 atom stereocenters. The van der Waals surface area contributed by atoms with E-state index >= 15 is 0 Å². The highest BCUT2D eigenvalue weighted by Gasteiger charge is 2.09. The van der Waals surface area contributed by atoms with Gasteiger partial charge in [-0.05, 0) is 40.0 Å². The molecule has 2 nitrogen and oxygen atoms in total. The normalized spacial score (nSPS) is 10.8. The van der Waals surface area contributed by atoms with Crippen molar-refractivity contribution in [2.24, 2.45) is 0 Å². The van der Waals surface area contributed by atoms with Crippen LogP contribution in [0.25, 0.3) is 0 Å². The number of aryl methyl sites for hydroxylation is 1. The average Bonchev–Trinajstić information content (AvgIpc) is 2.64. The molecule has 0 spiro atoms. The van der Waals surface area contributed by atoms with Crippen molar-refractivity contribution in [2.75, 3.05) is 5.73 Å². The highest BCUT2D eigenvalue weighted by atomic mass is 79.9. The number of thiazole rings is 1. The van der Waals surface area contributed by atoms with Gasteiger partial charge in [0.1, 0.15) is 0 Å². The maximum atomic E-state index is 6.08. The lowest BCUT2D eigenvalue weighted by Gasteiger charge is -2.03. The number of hydrogen-bond acceptors (Lipinski definition) is 3. The molecular weight excluding hydrogens is 320 g/mol. The summed E-state index contributed by atoms with van der Waals surface area (Å²) >= 11 is 11.0. The zero-order chi connectivity index (χ0) is 12.4. The summed E-state index contributed by atoms with van der Waals surface area (Å²) in [6, 6.07) is 6.00. The lowest BCUT2D eigenvalue weighted by molar-refractivity contribution is 1.02. The van der Waals surface area contributed by atoms with Gasteiger partial charge in [-0.3, -0.25) is 0 Å². The maximum absolute atomic E-state index is 6.08. The predicted molar refractivity (Wildman–Crippen MR) is 77.9 cm³/mol. The number of nitrogens with two attached hydrogens (primary N) is 1. The molecule has 5 heteroatoms. The maximum Gasteiger partial charge on any atom is 0.180 e. The van der Waals surface area contributed by atoms with Gasteiger partial charge in [-0.15, -0.1) is 11.3 Å². The van der Waals surface area contributed by atoms with Crippen LogP contribution in [-0.4, -0.2) is 4.98 Å². The summed E-state index contributed by atoms with van der Waals surface area (Å²) in [5, 5.41) is 1.37. The lowest BCUT2D eigenvalue weighted by Crippen LogP contribution is -1.91. The number of halogens is 2. The van der Waals surface area contributed by atoms with E-state index in [-0.39, 0.29) is 0 Å². The van der Waals surface area contributed by atoms with Crippen LogP contribution in [0.1, 0.15) is 23.1 Å². The average molecular weight is 332 g/mol. The van der Waals surface area contributed by atoms with Crippen LogP contribution in [0.5, 0.6) is 0 Å². The lowest BCUT2D eigenvalue weighted by atomic mass is 10.1. The minimum absolute atomic E-state index is 0.639. The first-order valence-corrected chi connectivity index (χ1v) is 7.27. The van der Waals surface area contributed by atoms with Gasteiger partial charge in [0.2, 0.25) is 0 Å². The molecule has 0 aliphatic carbocycles. The monoisotopic (exact) mass is 330 g/mol. The van der Waals surface area contributed by atoms with Crippen molar-refractivity contribution >= 4 is 44.0 Å². The summed E-state index contributed by atoms with van der Waals surface area (Å²) < 4.78 is 0.919. The van der Waals surface area contributed by atoms with Crippen molar-refractivity contribution in [3.63, 3.8) is 0 Å². The second-order valence-corrected chi connectivity index (χ2v) is 6.08. The molecule has 0 aliphatic rings. The third-order valence-electron chi connectivity index (χ3n) is 2.48. The topological polar surface area (TPSA) is 38.9 Å². The van der Waals surface area contributed by atoms with Crippen molar-refractivity contribution in [2.45, 2.75) is 19.8 Å². The molecular formula is C12H12BrClN2S. The van der Waals surface area contributed by atoms with E-state index in [9.17, 15) is 0 Å². The molecule has 0 bridgehead atoms. The predicted octanol–water partition coefficient (Wildman–Crippen LogP) is 4.29. The van der Waals surface area contributed by atoms with Gasteiger partial charge in [-0.1, -0.05) is 24.6 Å². The molecule has 90 valence electrons. The van der Waals surface area contributed by atoms with Crippen LogP contribution >= 0.6 is 38.9 Å². The Hall–Kier alpha value is -0.580. The Bertz CT molecular complexity index is 539. The van der Waals surface area contributed by atoms with Gasteiger partial charge in [0.25, 0.3) is 0 Å². The first kappa shape index (κ1) is 12.9. The minimum atomic E-state index is 0.639. The van der Waals surface area contributed by atoms with E-state index < -0.39 is 0 Å². The molecule has 2 aromatic rings. The van der Waals surface area contributed by atoms with Crippen molar-refractivity contribution < 1.29 is 0 Å². The SMILES string of the molecule is CCc1nc(N)sc1Cc1ccc(Br)c(Cl)c1. The van der Waals surface area contributed by atoms with Crippen LogP contribution < -0.4 is 5.73 Å². The van der Waals surface area contributed by atoms with Crippen molar-refractivity contribution in [3.8, 4) is 0 Å². The highest BCUT2D eigenvalue weighted by Crippen LogP contribution is 2.27. The number of rotatable bonds is 3. The van der Waals surface area contributed by atoms with E-state index in [1.165, 1.54) is 10.4 Å². The molecule has 0 saturated carbocycles. The van der Waals surface area contributed by atoms with Gasteiger partial charge in [-0.2, -0.15) is 0 Å². The molecule has 1 aromatic heterocycles. The Kier molecular flexibility index (Phi) is 4.07. The highest BCUT2D eigenvalue weighted by molar-refractivity contribution is 9.10. The molecule has 0 saturated heterocycles. The van der Waals surface area contributed by atoms with Gasteiger partial charge in [0, 0.05) is 15.8 Å². The molecule has 17 heavy (non-hydrogen) atoms. The van der Waals surface area contributed by atoms with Crippen molar-refractivity contribution in [1.29, 1.82) is 0 Å². The Morgan fingerprint density at radius 1 is 1.47 bits per heavy atom. The number of benzene rings is 1. The molecule has 0 unspecified atom stereocenters. The molecule has 0 fully saturated rings. The van der Waals surface area contributed by atoms with Crippen LogP contribution in [0, 0.1) is 0 Å². The van der Waals surface area contributed by atoms with E-state index in [0.29, 0.717) is 5.13 Å². The summed E-state index contributed by atoms with van der Waals surface area (Å²) in [5.41, 5.74) is 8.00. The van der Waals surface area contributed by atoms with Crippen molar-refractivity contribution in [3.05, 3.63) is 43.8 Å². The second kappa shape index (κ2) is 5.38. The van der Waals surface area contributed by atoms with E-state index in [1.807, 2.05) is 12.1 Å². The van der Waals surface area contributed by atoms with Crippen LogP contribution in [-0.2, 0) is 12.8 Å². The fourth-order valence-electron chi connectivity index (χ4n) is 1.65. The Morgan fingerprint density at radius 3 is 2.88 bits per heavy atom. The van der Waals surface area contributed by atoms with Crippen molar-refractivity contribution in [1.82, 2.24) is 4.98 Å². The fourth-order valence-corrected chi connectivity index (χ4v) is 3.06. The zero-order valence-electron chi connectivity index (χ0n) is 9.34. The summed E-state index contributed by atoms with van der Waals surface area (Å²) in [6.45, 7) is 2.09. The van der Waals surface area contributed by atoms with E-state index in [2.05, 4.69) is 33.9 Å². The van der Waals surface area contributed by atoms with Crippen LogP contribution in [0.15, 0.2) is 22.7 Å². The quantitative estimate of drug-likeness (QED) is 0.911. The van der Waals surface area contributed by atoms with E-state index in [1.54, 1.807) is 11.3 Å². The molecule has 0 amide bonds. The van der Waals surface area contributed by atoms with Crippen LogP contribution in [0.3, 0.4) is 0 Å². The molecule has 2 rings (SSSR count). The number of anilines is 1. The Morgan fingerprint density at radius 2 is 2.24 bits per heavy atom. The number of aromatic nitrogens is 1. The van der Waals surface area contributed by atoms with Gasteiger partial charge in [0.15, 0.2) is 5.13 Å². The van der Waals surface area contributed by atoms with E-state index in [4.69, 9.17) is 17.3 Å². The first-order chi connectivity index (χ1) is 8.10. The number of nitrogen functional groups attached to an aromatic ring is 1. The van der Waals surface area contributed by atoms with Crippen LogP contribution in [0.4, 0.5) is 5.13 Å². The van der Waals surface area contributed by atoms with Gasteiger partial charge in [-0.25, -0.2) is 4.98 Å². The Balaban J connectivity index is 2.27. The summed E-state index contributed by atoms with van der Waals surface area (Å²) in [4.78, 5) is 5.54. The summed E-state index contributed by atoms with van der Waals surface area (Å²) in [7, 11) is 0. The van der Waals surface area contributed by atoms with Crippen LogP contribution in [0.2, 0.25) is 5.02 Å². The standard InChI is InChI=1S/C12H12BrClN2S/c1-2-10-11(17-12(15)16-10)6-7-3-4-8(13)9(14)5-7/h3-5H,2,6H2,1H3,(H2,15,16). The van der Waals surface area contributed by atoms with E-state index in [0.717, 1.165) is 28.0 Å². The van der Waals surface area contributed by atoms with Gasteiger partial charge < -0.3 is 5.73 Å². The fraction of sp³-hybridized carbons (Fsp3) is 0.250. The molecule has 2 N–H and O–H groups in total. The molecule has 0 aliphatic heterocycles. The smallest absolute Gasteiger partial charge is 0.180 e. The minimum Gasteiger partial charge on any atom is -0.375 e. The summed E-state index contributed by atoms with van der Waals surface area (Å²) in [5.74, 6) is 0. The molecule has 0 radical (unpaired) electrons. The summed E-state index contributed by atoms with van der Waals surface area (Å²) in [6.07, 6.45) is 1.75. The molecule has 1 heterocycles. The third kappa shape index (κ3) is 3.00. The second-order valence-electron chi connectivity index (χ2n) is 3.70. The zero-order valence-corrected chi connectivity index (χ0v) is 12.5. The number of hydrogen-bond donors (Lipinski definition) is 1. The van der Waals surface area contributed by atoms with Gasteiger partial charge >= 0.3 is 0 Å². The first-order valence-electron chi connectivity index (χ1n) is 5.28. The van der Waals surface area contributed by atoms with Gasteiger partial charge in [0.05, 0.1) is 10.7 Å². The largest absolute Gasteiger partial charge is 0.375 e. The molecule has 1 aromatic carbocycles. The number of nitrogens with zero attached hydrogens (tertiary/aromatic N) is 1. The third-order valence-corrected chi connectivity index (χ3v) is 4.64.